The molecular weight excluding hydrogens is 399 g/mol. The van der Waals surface area contributed by atoms with Gasteiger partial charge in [-0.15, -0.1) is 0 Å². The van der Waals surface area contributed by atoms with Crippen molar-refractivity contribution in [1.82, 2.24) is 5.32 Å². The molecule has 1 unspecified atom stereocenters. The molecule has 0 radical (unpaired) electrons. The molecule has 26 heavy (non-hydrogen) atoms. The molecule has 0 aliphatic carbocycles. The number of sulfonamides is 1. The molecule has 0 spiro atoms. The van der Waals surface area contributed by atoms with Crippen molar-refractivity contribution in [2.45, 2.75) is 17.9 Å². The van der Waals surface area contributed by atoms with E-state index in [1.165, 1.54) is 37.4 Å². The Bertz CT molecular complexity index is 886. The van der Waals surface area contributed by atoms with Crippen LogP contribution in [-0.4, -0.2) is 34.1 Å². The normalized spacial score (nSPS) is 12.5. The largest absolute Gasteiger partial charge is 0.383 e. The lowest BCUT2D eigenvalue weighted by atomic mass is 10.2. The Kier molecular flexibility index (Phi) is 6.88. The first kappa shape index (κ1) is 20.5. The summed E-state index contributed by atoms with van der Waals surface area (Å²) in [5.41, 5.74) is 0.503. The first-order valence-electron chi connectivity index (χ1n) is 7.60. The number of carbonyl (C=O) groups is 1. The third-order valence-corrected chi connectivity index (χ3v) is 5.49. The Balaban J connectivity index is 2.27. The number of anilines is 1. The van der Waals surface area contributed by atoms with E-state index in [2.05, 4.69) is 10.0 Å². The van der Waals surface area contributed by atoms with Gasteiger partial charge in [-0.05, 0) is 49.4 Å². The molecule has 9 heteroatoms. The first-order valence-corrected chi connectivity index (χ1v) is 9.84. The van der Waals surface area contributed by atoms with E-state index in [9.17, 15) is 13.2 Å². The molecule has 0 bridgehead atoms. The van der Waals surface area contributed by atoms with Gasteiger partial charge in [-0.25, -0.2) is 8.42 Å². The highest BCUT2D eigenvalue weighted by Crippen LogP contribution is 2.25. The minimum absolute atomic E-state index is 0.00736. The number of rotatable bonds is 7. The van der Waals surface area contributed by atoms with Crippen molar-refractivity contribution in [1.29, 1.82) is 0 Å². The van der Waals surface area contributed by atoms with E-state index in [0.29, 0.717) is 17.3 Å². The predicted molar refractivity (Wildman–Crippen MR) is 103 cm³/mol. The molecule has 0 saturated heterocycles. The van der Waals surface area contributed by atoms with E-state index in [1.54, 1.807) is 19.1 Å². The molecule has 2 aromatic carbocycles. The SMILES string of the molecule is COCC(C)NC(=O)c1ccc(Cl)c(S(=O)(=O)Nc2ccc(Cl)cc2)c1. The minimum atomic E-state index is -3.98. The number of carbonyl (C=O) groups excluding carboxylic acids is 1. The maximum absolute atomic E-state index is 12.6. The number of methoxy groups -OCH3 is 1. The molecule has 0 heterocycles. The van der Waals surface area contributed by atoms with Gasteiger partial charge in [-0.3, -0.25) is 9.52 Å². The van der Waals surface area contributed by atoms with Crippen molar-refractivity contribution in [2.75, 3.05) is 18.4 Å². The van der Waals surface area contributed by atoms with Crippen LogP contribution >= 0.6 is 23.2 Å². The van der Waals surface area contributed by atoms with Crippen molar-refractivity contribution in [3.05, 3.63) is 58.1 Å². The van der Waals surface area contributed by atoms with Gasteiger partial charge >= 0.3 is 0 Å². The summed E-state index contributed by atoms with van der Waals surface area (Å²) in [6.45, 7) is 2.11. The van der Waals surface area contributed by atoms with Crippen molar-refractivity contribution in [3.63, 3.8) is 0 Å². The maximum atomic E-state index is 12.6. The van der Waals surface area contributed by atoms with Gasteiger partial charge in [0.05, 0.1) is 11.6 Å². The van der Waals surface area contributed by atoms with Crippen LogP contribution < -0.4 is 10.0 Å². The average molecular weight is 417 g/mol. The molecule has 0 aromatic heterocycles. The molecular formula is C17H18Cl2N2O4S. The fourth-order valence-electron chi connectivity index (χ4n) is 2.18. The van der Waals surface area contributed by atoms with Crippen LogP contribution in [0.25, 0.3) is 0 Å². The van der Waals surface area contributed by atoms with Gasteiger partial charge < -0.3 is 10.1 Å². The van der Waals surface area contributed by atoms with Crippen LogP contribution in [0.4, 0.5) is 5.69 Å². The standard InChI is InChI=1S/C17H18Cl2N2O4S/c1-11(10-25-2)20-17(22)12-3-8-15(19)16(9-12)26(23,24)21-14-6-4-13(18)5-7-14/h3-9,11,21H,10H2,1-2H3,(H,20,22). The highest BCUT2D eigenvalue weighted by Gasteiger charge is 2.21. The number of nitrogens with one attached hydrogen (secondary N) is 2. The van der Waals surface area contributed by atoms with Crippen LogP contribution in [0, 0.1) is 0 Å². The third kappa shape index (κ3) is 5.35. The van der Waals surface area contributed by atoms with Crippen LogP contribution in [0.2, 0.25) is 10.0 Å². The number of ether oxygens (including phenoxy) is 1. The van der Waals surface area contributed by atoms with Crippen molar-refractivity contribution in [3.8, 4) is 0 Å². The van der Waals surface area contributed by atoms with Crippen LogP contribution in [-0.2, 0) is 14.8 Å². The van der Waals surface area contributed by atoms with E-state index in [-0.39, 0.29) is 21.5 Å². The Labute approximate surface area is 162 Å². The van der Waals surface area contributed by atoms with E-state index in [1.807, 2.05) is 0 Å². The summed E-state index contributed by atoms with van der Waals surface area (Å²) in [6, 6.07) is 10.00. The molecule has 0 aliphatic heterocycles. The zero-order valence-electron chi connectivity index (χ0n) is 14.1. The van der Waals surface area contributed by atoms with E-state index >= 15 is 0 Å². The van der Waals surface area contributed by atoms with Gasteiger partial charge in [0, 0.05) is 29.4 Å². The monoisotopic (exact) mass is 416 g/mol. The maximum Gasteiger partial charge on any atom is 0.263 e. The van der Waals surface area contributed by atoms with Gasteiger partial charge in [-0.2, -0.15) is 0 Å². The Morgan fingerprint density at radius 2 is 1.81 bits per heavy atom. The highest BCUT2D eigenvalue weighted by atomic mass is 35.5. The van der Waals surface area contributed by atoms with Crippen molar-refractivity contribution >= 4 is 44.8 Å². The lowest BCUT2D eigenvalue weighted by Crippen LogP contribution is -2.35. The number of hydrogen-bond acceptors (Lipinski definition) is 4. The Morgan fingerprint density at radius 3 is 2.42 bits per heavy atom. The molecule has 2 rings (SSSR count). The molecule has 0 fully saturated rings. The second-order valence-electron chi connectivity index (χ2n) is 5.59. The summed E-state index contributed by atoms with van der Waals surface area (Å²) in [5.74, 6) is -0.422. The van der Waals surface area contributed by atoms with Crippen molar-refractivity contribution in [2.24, 2.45) is 0 Å². The second kappa shape index (κ2) is 8.73. The fourth-order valence-corrected chi connectivity index (χ4v) is 3.89. The summed E-state index contributed by atoms with van der Waals surface area (Å²) in [6.07, 6.45) is 0. The van der Waals surface area contributed by atoms with Gasteiger partial charge in [-0.1, -0.05) is 23.2 Å². The summed E-state index contributed by atoms with van der Waals surface area (Å²) in [4.78, 5) is 12.1. The summed E-state index contributed by atoms with van der Waals surface area (Å²) in [5, 5.41) is 3.20. The van der Waals surface area contributed by atoms with Gasteiger partial charge in [0.2, 0.25) is 0 Å². The molecule has 1 atom stereocenters. The third-order valence-electron chi connectivity index (χ3n) is 3.37. The number of benzene rings is 2. The number of hydrogen-bond donors (Lipinski definition) is 2. The quantitative estimate of drug-likeness (QED) is 0.722. The number of halogens is 2. The zero-order valence-corrected chi connectivity index (χ0v) is 16.5. The van der Waals surface area contributed by atoms with E-state index in [0.717, 1.165) is 0 Å². The predicted octanol–water partition coefficient (Wildman–Crippen LogP) is 3.56. The second-order valence-corrected chi connectivity index (χ2v) is 8.08. The van der Waals surface area contributed by atoms with Gasteiger partial charge in [0.15, 0.2) is 0 Å². The fraction of sp³-hybridized carbons (Fsp3) is 0.235. The molecule has 6 nitrogen and oxygen atoms in total. The minimum Gasteiger partial charge on any atom is -0.383 e. The average Bonchev–Trinajstić information content (AvgIpc) is 2.57. The van der Waals surface area contributed by atoms with E-state index in [4.69, 9.17) is 27.9 Å². The van der Waals surface area contributed by atoms with Crippen LogP contribution in [0.1, 0.15) is 17.3 Å². The topological polar surface area (TPSA) is 84.5 Å². The molecule has 1 amide bonds. The lowest BCUT2D eigenvalue weighted by molar-refractivity contribution is 0.0905. The van der Waals surface area contributed by atoms with Crippen LogP contribution in [0.15, 0.2) is 47.4 Å². The van der Waals surface area contributed by atoms with Crippen LogP contribution in [0.3, 0.4) is 0 Å². The van der Waals surface area contributed by atoms with Gasteiger partial charge in [0.25, 0.3) is 15.9 Å². The molecule has 2 N–H and O–H groups in total. The number of amides is 1. The molecule has 2 aromatic rings. The smallest absolute Gasteiger partial charge is 0.263 e. The molecule has 0 aliphatic rings. The Morgan fingerprint density at radius 1 is 1.15 bits per heavy atom. The summed E-state index contributed by atoms with van der Waals surface area (Å²) >= 11 is 11.8. The lowest BCUT2D eigenvalue weighted by Gasteiger charge is -2.14. The summed E-state index contributed by atoms with van der Waals surface area (Å²) in [7, 11) is -2.46. The van der Waals surface area contributed by atoms with Crippen molar-refractivity contribution < 1.29 is 17.9 Å². The summed E-state index contributed by atoms with van der Waals surface area (Å²) < 4.78 is 32.6. The first-order chi connectivity index (χ1) is 12.2. The zero-order chi connectivity index (χ0) is 19.3. The van der Waals surface area contributed by atoms with Crippen LogP contribution in [0.5, 0.6) is 0 Å². The Hall–Kier alpha value is -1.80. The van der Waals surface area contributed by atoms with E-state index < -0.39 is 15.9 Å². The highest BCUT2D eigenvalue weighted by molar-refractivity contribution is 7.92. The van der Waals surface area contributed by atoms with Gasteiger partial charge in [0.1, 0.15) is 4.90 Å². The molecule has 140 valence electrons. The molecule has 0 saturated carbocycles.